The molecule has 0 bridgehead atoms. The van der Waals surface area contributed by atoms with Crippen LogP contribution in [-0.2, 0) is 4.84 Å². The lowest BCUT2D eigenvalue weighted by molar-refractivity contribution is 0.0579. The smallest absolute Gasteiger partial charge is 0.124 e. The topological polar surface area (TPSA) is 39.7 Å². The Morgan fingerprint density at radius 1 is 1.38 bits per heavy atom. The number of hydroxylamine groups is 1. The zero-order valence-corrected chi connectivity index (χ0v) is 9.66. The van der Waals surface area contributed by atoms with Gasteiger partial charge in [0, 0.05) is 5.56 Å². The summed E-state index contributed by atoms with van der Waals surface area (Å²) in [6, 6.07) is 6.02. The van der Waals surface area contributed by atoms with Gasteiger partial charge in [-0.05, 0) is 31.0 Å². The minimum Gasteiger partial charge on any atom is -0.497 e. The first kappa shape index (κ1) is 11.2. The molecule has 1 heterocycles. The first-order chi connectivity index (χ1) is 7.85. The molecule has 88 valence electrons. The van der Waals surface area contributed by atoms with E-state index >= 15 is 0 Å². The summed E-state index contributed by atoms with van der Waals surface area (Å²) in [5, 5.41) is 0. The average Bonchev–Trinajstić information content (AvgIpc) is 2.52. The lowest BCUT2D eigenvalue weighted by Gasteiger charge is -2.17. The molecule has 0 saturated heterocycles. The van der Waals surface area contributed by atoms with Crippen LogP contribution < -0.4 is 15.0 Å². The number of hydrogen-bond donors (Lipinski definition) is 1. The van der Waals surface area contributed by atoms with Gasteiger partial charge in [-0.2, -0.15) is 5.48 Å². The van der Waals surface area contributed by atoms with E-state index in [0.29, 0.717) is 0 Å². The fourth-order valence-electron chi connectivity index (χ4n) is 1.95. The van der Waals surface area contributed by atoms with Crippen LogP contribution >= 0.6 is 0 Å². The van der Waals surface area contributed by atoms with Gasteiger partial charge in [0.05, 0.1) is 26.9 Å². The van der Waals surface area contributed by atoms with E-state index in [4.69, 9.17) is 14.3 Å². The third-order valence-corrected chi connectivity index (χ3v) is 2.75. The molecule has 0 radical (unpaired) electrons. The maximum absolute atomic E-state index is 5.67. The Kier molecular flexibility index (Phi) is 3.64. The number of nitrogens with one attached hydrogen (secondary N) is 1. The summed E-state index contributed by atoms with van der Waals surface area (Å²) in [7, 11) is 3.30. The number of methoxy groups -OCH3 is 1. The quantitative estimate of drug-likeness (QED) is 0.796. The highest BCUT2D eigenvalue weighted by molar-refractivity contribution is 5.42. The van der Waals surface area contributed by atoms with Crippen molar-refractivity contribution >= 4 is 0 Å². The molecule has 1 aliphatic heterocycles. The third kappa shape index (κ3) is 2.28. The highest BCUT2D eigenvalue weighted by Gasteiger charge is 2.20. The van der Waals surface area contributed by atoms with Crippen LogP contribution in [-0.4, -0.2) is 20.8 Å². The van der Waals surface area contributed by atoms with Crippen molar-refractivity contribution in [3.8, 4) is 11.5 Å². The van der Waals surface area contributed by atoms with E-state index in [1.807, 2.05) is 18.2 Å². The van der Waals surface area contributed by atoms with Crippen LogP contribution in [0.15, 0.2) is 18.2 Å². The second-order valence-electron chi connectivity index (χ2n) is 3.77. The van der Waals surface area contributed by atoms with Crippen molar-refractivity contribution in [2.75, 3.05) is 20.8 Å². The Balaban J connectivity index is 2.33. The van der Waals surface area contributed by atoms with E-state index in [9.17, 15) is 0 Å². The molecule has 1 unspecified atom stereocenters. The van der Waals surface area contributed by atoms with Crippen molar-refractivity contribution in [1.29, 1.82) is 0 Å². The van der Waals surface area contributed by atoms with Gasteiger partial charge in [-0.25, -0.2) is 0 Å². The molecule has 1 aromatic carbocycles. The van der Waals surface area contributed by atoms with E-state index in [1.54, 1.807) is 14.2 Å². The zero-order valence-electron chi connectivity index (χ0n) is 9.66. The number of rotatable bonds is 3. The molecule has 0 amide bonds. The first-order valence-corrected chi connectivity index (χ1v) is 5.44. The van der Waals surface area contributed by atoms with Gasteiger partial charge in [0.2, 0.25) is 0 Å². The summed E-state index contributed by atoms with van der Waals surface area (Å²) in [6.07, 6.45) is 2.01. The van der Waals surface area contributed by atoms with Gasteiger partial charge in [0.1, 0.15) is 11.5 Å². The van der Waals surface area contributed by atoms with Crippen molar-refractivity contribution in [3.63, 3.8) is 0 Å². The highest BCUT2D eigenvalue weighted by atomic mass is 16.6. The summed E-state index contributed by atoms with van der Waals surface area (Å²) >= 11 is 0. The van der Waals surface area contributed by atoms with Gasteiger partial charge in [-0.3, -0.25) is 0 Å². The first-order valence-electron chi connectivity index (χ1n) is 5.44. The van der Waals surface area contributed by atoms with E-state index < -0.39 is 0 Å². The molecule has 0 fully saturated rings. The van der Waals surface area contributed by atoms with Gasteiger partial charge in [0.25, 0.3) is 0 Å². The highest BCUT2D eigenvalue weighted by Crippen LogP contribution is 2.34. The monoisotopic (exact) mass is 223 g/mol. The Hall–Kier alpha value is -1.26. The molecule has 1 aromatic rings. The summed E-state index contributed by atoms with van der Waals surface area (Å²) in [6.45, 7) is 0.751. The van der Waals surface area contributed by atoms with Gasteiger partial charge in [-0.1, -0.05) is 0 Å². The predicted molar refractivity (Wildman–Crippen MR) is 60.6 cm³/mol. The van der Waals surface area contributed by atoms with Gasteiger partial charge < -0.3 is 14.3 Å². The number of fused-ring (bicyclic) bond motifs is 1. The standard InChI is InChI=1S/C12H17NO3/c1-14-9-5-6-12-10(8-9)11(13-15-2)4-3-7-16-12/h5-6,8,11,13H,3-4,7H2,1-2H3. The van der Waals surface area contributed by atoms with Crippen LogP contribution in [0, 0.1) is 0 Å². The van der Waals surface area contributed by atoms with Crippen LogP contribution in [0.5, 0.6) is 11.5 Å². The Morgan fingerprint density at radius 3 is 3.00 bits per heavy atom. The molecule has 1 atom stereocenters. The van der Waals surface area contributed by atoms with Crippen molar-refractivity contribution in [3.05, 3.63) is 23.8 Å². The van der Waals surface area contributed by atoms with Crippen LogP contribution in [0.4, 0.5) is 0 Å². The van der Waals surface area contributed by atoms with Crippen molar-refractivity contribution in [2.45, 2.75) is 18.9 Å². The van der Waals surface area contributed by atoms with Gasteiger partial charge in [-0.15, -0.1) is 0 Å². The fraction of sp³-hybridized carbons (Fsp3) is 0.500. The molecule has 0 spiro atoms. The molecule has 16 heavy (non-hydrogen) atoms. The molecule has 1 aliphatic rings. The van der Waals surface area contributed by atoms with Crippen molar-refractivity contribution in [2.24, 2.45) is 0 Å². The van der Waals surface area contributed by atoms with Crippen LogP contribution in [0.2, 0.25) is 0 Å². The number of benzene rings is 1. The molecule has 0 saturated carbocycles. The molecule has 4 nitrogen and oxygen atoms in total. The summed E-state index contributed by atoms with van der Waals surface area (Å²) in [5.41, 5.74) is 4.09. The predicted octanol–water partition coefficient (Wildman–Crippen LogP) is 2.06. The second-order valence-corrected chi connectivity index (χ2v) is 3.77. The van der Waals surface area contributed by atoms with Crippen molar-refractivity contribution < 1.29 is 14.3 Å². The van der Waals surface area contributed by atoms with E-state index in [0.717, 1.165) is 36.5 Å². The minimum atomic E-state index is 0.164. The summed E-state index contributed by atoms with van der Waals surface area (Å²) < 4.78 is 10.9. The molecule has 0 aromatic heterocycles. The van der Waals surface area contributed by atoms with Crippen molar-refractivity contribution in [1.82, 2.24) is 5.48 Å². The maximum Gasteiger partial charge on any atom is 0.124 e. The zero-order chi connectivity index (χ0) is 11.4. The summed E-state index contributed by atoms with van der Waals surface area (Å²) in [5.74, 6) is 1.75. The van der Waals surface area contributed by atoms with Crippen LogP contribution in [0.3, 0.4) is 0 Å². The SMILES string of the molecule is CONC1CCCOc2ccc(OC)cc21. The normalized spacial score (nSPS) is 19.5. The van der Waals surface area contributed by atoms with E-state index in [1.165, 1.54) is 0 Å². The minimum absolute atomic E-state index is 0.164. The Bertz CT molecular complexity index is 354. The maximum atomic E-state index is 5.67. The Labute approximate surface area is 95.5 Å². The third-order valence-electron chi connectivity index (χ3n) is 2.75. The molecule has 2 rings (SSSR count). The summed E-state index contributed by atoms with van der Waals surface area (Å²) in [4.78, 5) is 5.02. The number of ether oxygens (including phenoxy) is 2. The second kappa shape index (κ2) is 5.18. The van der Waals surface area contributed by atoms with Crippen LogP contribution in [0.1, 0.15) is 24.4 Å². The lowest BCUT2D eigenvalue weighted by atomic mass is 10.0. The molecule has 1 N–H and O–H groups in total. The average molecular weight is 223 g/mol. The lowest BCUT2D eigenvalue weighted by Crippen LogP contribution is -2.19. The van der Waals surface area contributed by atoms with Gasteiger partial charge >= 0.3 is 0 Å². The Morgan fingerprint density at radius 2 is 2.25 bits per heavy atom. The number of hydrogen-bond acceptors (Lipinski definition) is 4. The largest absolute Gasteiger partial charge is 0.497 e. The molecule has 4 heteroatoms. The van der Waals surface area contributed by atoms with Gasteiger partial charge in [0.15, 0.2) is 0 Å². The van der Waals surface area contributed by atoms with E-state index in [-0.39, 0.29) is 6.04 Å². The molecular formula is C12H17NO3. The fourth-order valence-corrected chi connectivity index (χ4v) is 1.95. The van der Waals surface area contributed by atoms with Crippen LogP contribution in [0.25, 0.3) is 0 Å². The molecule has 0 aliphatic carbocycles. The van der Waals surface area contributed by atoms with E-state index in [2.05, 4.69) is 5.48 Å². The molecular weight excluding hydrogens is 206 g/mol.